The van der Waals surface area contributed by atoms with Gasteiger partial charge in [0.25, 0.3) is 23.6 Å². The average Bonchev–Trinajstić information content (AvgIpc) is 3.20. The zero-order valence-corrected chi connectivity index (χ0v) is 30.0. The number of carbonyl (C=O) groups is 4. The Bertz CT molecular complexity index is 2690. The van der Waals surface area contributed by atoms with Gasteiger partial charge in [0, 0.05) is 89.9 Å². The van der Waals surface area contributed by atoms with E-state index in [0.29, 0.717) is 70.1 Å². The van der Waals surface area contributed by atoms with Gasteiger partial charge < -0.3 is 0 Å². The number of carbonyl (C=O) groups excluding carboxylic acids is 4. The highest BCUT2D eigenvalue weighted by molar-refractivity contribution is 6.42. The number of unbranched alkanes of at least 4 members (excludes halogenated alkanes) is 2. The molecule has 4 amide bonds. The summed E-state index contributed by atoms with van der Waals surface area (Å²) in [5.41, 5.74) is 4.67. The molecule has 7 aromatic rings. The molecule has 6 heteroatoms. The predicted molar refractivity (Wildman–Crippen MR) is 213 cm³/mol. The summed E-state index contributed by atoms with van der Waals surface area (Å²) in [6.45, 7) is 4.72. The second kappa shape index (κ2) is 13.0. The quantitative estimate of drug-likeness (QED) is 0.0750. The van der Waals surface area contributed by atoms with E-state index in [9.17, 15) is 19.2 Å². The Kier molecular flexibility index (Phi) is 7.98. The maximum atomic E-state index is 14.3. The van der Waals surface area contributed by atoms with Gasteiger partial charge >= 0.3 is 0 Å². The van der Waals surface area contributed by atoms with Crippen LogP contribution in [0, 0.1) is 23.7 Å². The Hall–Kier alpha value is -6.76. The van der Waals surface area contributed by atoms with Crippen LogP contribution >= 0.6 is 0 Å². The number of amides is 4. The van der Waals surface area contributed by atoms with Crippen molar-refractivity contribution in [2.45, 2.75) is 39.5 Å². The smallest absolute Gasteiger partial charge is 0.261 e. The number of imide groups is 2. The van der Waals surface area contributed by atoms with E-state index in [1.807, 2.05) is 111 Å². The van der Waals surface area contributed by atoms with E-state index < -0.39 is 0 Å². The zero-order chi connectivity index (χ0) is 37.1. The fourth-order valence-corrected chi connectivity index (χ4v) is 8.12. The summed E-state index contributed by atoms with van der Waals surface area (Å²) < 4.78 is 0. The molecule has 54 heavy (non-hydrogen) atoms. The van der Waals surface area contributed by atoms with E-state index in [4.69, 9.17) is 0 Å². The van der Waals surface area contributed by atoms with Crippen molar-refractivity contribution in [1.82, 2.24) is 9.80 Å². The van der Waals surface area contributed by atoms with Gasteiger partial charge in [0.2, 0.25) is 0 Å². The molecule has 0 N–H and O–H groups in total. The van der Waals surface area contributed by atoms with E-state index in [1.165, 1.54) is 9.80 Å². The minimum Gasteiger partial charge on any atom is -0.274 e. The summed E-state index contributed by atoms with van der Waals surface area (Å²) in [4.78, 5) is 59.5. The molecule has 6 nitrogen and oxygen atoms in total. The van der Waals surface area contributed by atoms with Gasteiger partial charge in [0.05, 0.1) is 0 Å². The van der Waals surface area contributed by atoms with Gasteiger partial charge in [0.1, 0.15) is 0 Å². The lowest BCUT2D eigenvalue weighted by atomic mass is 9.79. The molecule has 0 atom stereocenters. The number of benzene rings is 7. The number of hydrogen-bond acceptors (Lipinski definition) is 4. The van der Waals surface area contributed by atoms with E-state index in [2.05, 4.69) is 23.7 Å². The summed E-state index contributed by atoms with van der Waals surface area (Å²) in [6, 6.07) is 30.5. The van der Waals surface area contributed by atoms with Crippen LogP contribution in [0.3, 0.4) is 0 Å². The van der Waals surface area contributed by atoms with Crippen LogP contribution < -0.4 is 0 Å². The second-order valence-electron chi connectivity index (χ2n) is 14.0. The van der Waals surface area contributed by atoms with Crippen molar-refractivity contribution in [3.8, 4) is 23.7 Å². The fraction of sp³-hybridized carbons (Fsp3) is 0.167. The van der Waals surface area contributed by atoms with Gasteiger partial charge in [0.15, 0.2) is 0 Å². The summed E-state index contributed by atoms with van der Waals surface area (Å²) >= 11 is 0. The van der Waals surface area contributed by atoms with Crippen LogP contribution in [-0.2, 0) is 0 Å². The van der Waals surface area contributed by atoms with Gasteiger partial charge in [-0.05, 0) is 72.1 Å². The fourth-order valence-electron chi connectivity index (χ4n) is 8.12. The van der Waals surface area contributed by atoms with Crippen LogP contribution in [0.1, 0.15) is 103 Å². The standard InChI is InChI=1S/C48H34N2O4/c1-3-5-25-49-45(51)35-23-21-33-40-32(20-18-30-15-11-8-12-16-30)28-38-42-36(46(52)50(48(38)54)26-6-4-2)24-22-34(44(40)42)39-31(19-17-29-13-9-7-10-14-29)27-37(47(49)53)41(35)43(33)39/h7-16,21-24,27-28H,3-6,25-26H2,1-2H3. The minimum atomic E-state index is -0.337. The lowest BCUT2D eigenvalue weighted by molar-refractivity contribution is 0.0593. The first-order valence-corrected chi connectivity index (χ1v) is 18.6. The second-order valence-corrected chi connectivity index (χ2v) is 14.0. The third-order valence-electron chi connectivity index (χ3n) is 10.7. The normalized spacial score (nSPS) is 13.6. The minimum absolute atomic E-state index is 0.315. The van der Waals surface area contributed by atoms with E-state index in [-0.39, 0.29) is 23.6 Å². The van der Waals surface area contributed by atoms with Gasteiger partial charge in [-0.3, -0.25) is 29.0 Å². The maximum absolute atomic E-state index is 14.3. The molecule has 260 valence electrons. The summed E-state index contributed by atoms with van der Waals surface area (Å²) in [6.07, 6.45) is 3.07. The molecule has 0 saturated heterocycles. The SMILES string of the molecule is CCCCN1C(=O)c2ccc3c4c(C#Cc5ccccc5)cc5c6c(ccc(c7c(C#Cc8ccccc8)cc(c2c37)C1=O)c64)C(=O)N(CCCC)C5=O. The third kappa shape index (κ3) is 4.99. The largest absolute Gasteiger partial charge is 0.274 e. The summed E-state index contributed by atoms with van der Waals surface area (Å²) in [5.74, 6) is 12.1. The van der Waals surface area contributed by atoms with Gasteiger partial charge in [-0.15, -0.1) is 0 Å². The van der Waals surface area contributed by atoms with Crippen molar-refractivity contribution < 1.29 is 19.2 Å². The van der Waals surface area contributed by atoms with Crippen LogP contribution in [0.4, 0.5) is 0 Å². The van der Waals surface area contributed by atoms with Crippen molar-refractivity contribution in [1.29, 1.82) is 0 Å². The highest BCUT2D eigenvalue weighted by atomic mass is 16.2. The highest BCUT2D eigenvalue weighted by Gasteiger charge is 2.38. The molecule has 2 heterocycles. The van der Waals surface area contributed by atoms with Gasteiger partial charge in [-0.1, -0.05) is 98.9 Å². The van der Waals surface area contributed by atoms with E-state index in [0.717, 1.165) is 56.3 Å². The molecule has 0 radical (unpaired) electrons. The number of rotatable bonds is 6. The zero-order valence-electron chi connectivity index (χ0n) is 30.0. The maximum Gasteiger partial charge on any atom is 0.261 e. The molecule has 0 fully saturated rings. The van der Waals surface area contributed by atoms with Crippen LogP contribution in [-0.4, -0.2) is 46.5 Å². The molecule has 7 aromatic carbocycles. The number of fused-ring (bicyclic) bond motifs is 2. The topological polar surface area (TPSA) is 74.8 Å². The van der Waals surface area contributed by atoms with Gasteiger partial charge in [-0.2, -0.15) is 0 Å². The summed E-state index contributed by atoms with van der Waals surface area (Å²) in [5, 5.41) is 5.76. The Morgan fingerprint density at radius 1 is 0.426 bits per heavy atom. The molecular weight excluding hydrogens is 669 g/mol. The summed E-state index contributed by atoms with van der Waals surface area (Å²) in [7, 11) is 0. The molecular formula is C48H34N2O4. The lowest BCUT2D eigenvalue weighted by Gasteiger charge is -2.31. The van der Waals surface area contributed by atoms with Crippen molar-refractivity contribution in [2.75, 3.05) is 13.1 Å². The first kappa shape index (κ1) is 33.1. The number of hydrogen-bond donors (Lipinski definition) is 0. The molecule has 0 unspecified atom stereocenters. The Morgan fingerprint density at radius 3 is 1.20 bits per heavy atom. The third-order valence-corrected chi connectivity index (χ3v) is 10.7. The molecule has 9 rings (SSSR count). The first-order chi connectivity index (χ1) is 26.4. The Balaban J connectivity index is 1.46. The van der Waals surface area contributed by atoms with Crippen LogP contribution in [0.15, 0.2) is 97.1 Å². The Morgan fingerprint density at radius 2 is 0.815 bits per heavy atom. The van der Waals surface area contributed by atoms with E-state index >= 15 is 0 Å². The number of nitrogens with zero attached hydrogens (tertiary/aromatic N) is 2. The lowest BCUT2D eigenvalue weighted by Crippen LogP contribution is -2.41. The highest BCUT2D eigenvalue weighted by Crippen LogP contribution is 2.48. The van der Waals surface area contributed by atoms with Crippen molar-refractivity contribution in [3.05, 3.63) is 142 Å². The van der Waals surface area contributed by atoms with Gasteiger partial charge in [-0.25, -0.2) is 0 Å². The predicted octanol–water partition coefficient (Wildman–Crippen LogP) is 9.33. The monoisotopic (exact) mass is 702 g/mol. The molecule has 2 aliphatic heterocycles. The molecule has 0 aliphatic carbocycles. The van der Waals surface area contributed by atoms with Crippen LogP contribution in [0.5, 0.6) is 0 Å². The molecule has 0 spiro atoms. The van der Waals surface area contributed by atoms with Crippen LogP contribution in [0.25, 0.3) is 43.1 Å². The average molecular weight is 703 g/mol. The molecule has 0 bridgehead atoms. The molecule has 0 saturated carbocycles. The van der Waals surface area contributed by atoms with E-state index in [1.54, 1.807) is 0 Å². The van der Waals surface area contributed by atoms with Crippen molar-refractivity contribution >= 4 is 66.7 Å². The Labute approximate surface area is 312 Å². The molecule has 2 aliphatic rings. The van der Waals surface area contributed by atoms with Crippen molar-refractivity contribution in [2.24, 2.45) is 0 Å². The van der Waals surface area contributed by atoms with Crippen molar-refractivity contribution in [3.63, 3.8) is 0 Å². The first-order valence-electron chi connectivity index (χ1n) is 18.6. The molecule has 0 aromatic heterocycles. The van der Waals surface area contributed by atoms with Crippen LogP contribution in [0.2, 0.25) is 0 Å².